The number of imidazole rings is 1. The number of ether oxygens (including phenoxy) is 2. The molecule has 3 aromatic carbocycles. The number of fused-ring (bicyclic) bond motifs is 1. The number of para-hydroxylation sites is 1. The van der Waals surface area contributed by atoms with Gasteiger partial charge in [0.05, 0.1) is 7.11 Å². The molecule has 2 aromatic heterocycles. The summed E-state index contributed by atoms with van der Waals surface area (Å²) in [6.07, 6.45) is 2.95. The molecule has 2 amide bonds. The summed E-state index contributed by atoms with van der Waals surface area (Å²) in [7, 11) is 1.26. The van der Waals surface area contributed by atoms with Gasteiger partial charge in [-0.1, -0.05) is 72.8 Å². The van der Waals surface area contributed by atoms with Crippen LogP contribution in [0, 0.1) is 0 Å². The van der Waals surface area contributed by atoms with Gasteiger partial charge in [-0.05, 0) is 43.5 Å². The van der Waals surface area contributed by atoms with Gasteiger partial charge in [0.25, 0.3) is 0 Å². The number of rotatable bonds is 10. The van der Waals surface area contributed by atoms with Gasteiger partial charge in [-0.25, -0.2) is 14.6 Å². The van der Waals surface area contributed by atoms with Gasteiger partial charge in [0, 0.05) is 47.4 Å². The lowest BCUT2D eigenvalue weighted by molar-refractivity contribution is -0.145. The van der Waals surface area contributed by atoms with E-state index in [1.807, 2.05) is 66.7 Å². The molecule has 0 aliphatic rings. The van der Waals surface area contributed by atoms with Crippen molar-refractivity contribution in [3.05, 3.63) is 103 Å². The number of aromatic nitrogens is 3. The normalized spacial score (nSPS) is 12.7. The highest BCUT2D eigenvalue weighted by molar-refractivity contribution is 5.91. The van der Waals surface area contributed by atoms with Crippen molar-refractivity contribution >= 4 is 28.9 Å². The highest BCUT2D eigenvalue weighted by Gasteiger charge is 2.30. The fourth-order valence-electron chi connectivity index (χ4n) is 5.07. The lowest BCUT2D eigenvalue weighted by atomic mass is 10.0. The quantitative estimate of drug-likeness (QED) is 0.153. The fraction of sp³-hybridized carbons (Fsp3) is 0.257. The van der Waals surface area contributed by atoms with Crippen molar-refractivity contribution in [1.29, 1.82) is 0 Å². The van der Waals surface area contributed by atoms with Crippen LogP contribution in [-0.2, 0) is 31.9 Å². The molecule has 232 valence electrons. The Morgan fingerprint density at radius 3 is 2.20 bits per heavy atom. The second-order valence-corrected chi connectivity index (χ2v) is 11.8. The van der Waals surface area contributed by atoms with Crippen LogP contribution in [0.2, 0.25) is 0 Å². The average Bonchev–Trinajstić information content (AvgIpc) is 3.67. The van der Waals surface area contributed by atoms with E-state index in [0.29, 0.717) is 11.5 Å². The molecule has 4 N–H and O–H groups in total. The highest BCUT2D eigenvalue weighted by atomic mass is 16.6. The van der Waals surface area contributed by atoms with Gasteiger partial charge in [-0.2, -0.15) is 0 Å². The number of carbonyl (C=O) groups excluding carboxylic acids is 3. The third kappa shape index (κ3) is 7.97. The number of H-pyrrole nitrogens is 2. The van der Waals surface area contributed by atoms with Gasteiger partial charge in [-0.3, -0.25) is 4.79 Å². The minimum atomic E-state index is -1.04. The number of alkyl carbamates (subject to hydrolysis) is 1. The second kappa shape index (κ2) is 13.5. The average molecular weight is 608 g/mol. The van der Waals surface area contributed by atoms with Gasteiger partial charge in [0.15, 0.2) is 0 Å². The smallest absolute Gasteiger partial charge is 0.408 e. The lowest BCUT2D eigenvalue weighted by Crippen LogP contribution is -2.54. The zero-order valence-corrected chi connectivity index (χ0v) is 25.7. The van der Waals surface area contributed by atoms with Crippen LogP contribution in [-0.4, -0.2) is 57.7 Å². The molecule has 0 unspecified atom stereocenters. The van der Waals surface area contributed by atoms with Crippen LogP contribution in [0.5, 0.6) is 0 Å². The summed E-state index contributed by atoms with van der Waals surface area (Å²) in [4.78, 5) is 50.2. The third-order valence-corrected chi connectivity index (χ3v) is 7.23. The van der Waals surface area contributed by atoms with E-state index in [4.69, 9.17) is 9.47 Å². The van der Waals surface area contributed by atoms with Gasteiger partial charge in [0.2, 0.25) is 5.91 Å². The molecule has 0 saturated carbocycles. The Morgan fingerprint density at radius 2 is 1.49 bits per heavy atom. The SMILES string of the molecule is COC(=O)[C@H](Cc1cnc(-c2ccc(-c3ccccc3)cc2)[nH]1)NC(=O)[C@H](Cc1c[nH]c2ccccc12)NC(=O)OC(C)(C)C. The number of carbonyl (C=O) groups is 3. The highest BCUT2D eigenvalue weighted by Crippen LogP contribution is 2.24. The van der Waals surface area contributed by atoms with Crippen LogP contribution in [0.1, 0.15) is 32.0 Å². The fourth-order valence-corrected chi connectivity index (χ4v) is 5.07. The summed E-state index contributed by atoms with van der Waals surface area (Å²) in [5.74, 6) is -0.559. The molecular formula is C35H37N5O5. The van der Waals surface area contributed by atoms with Gasteiger partial charge >= 0.3 is 12.1 Å². The molecule has 5 aromatic rings. The maximum absolute atomic E-state index is 13.7. The number of aromatic amines is 2. The van der Waals surface area contributed by atoms with Gasteiger partial charge in [-0.15, -0.1) is 0 Å². The molecule has 0 bridgehead atoms. The summed E-state index contributed by atoms with van der Waals surface area (Å²) in [5.41, 5.74) is 4.67. The van der Waals surface area contributed by atoms with Crippen molar-refractivity contribution in [2.24, 2.45) is 0 Å². The lowest BCUT2D eigenvalue weighted by Gasteiger charge is -2.24. The van der Waals surface area contributed by atoms with Gasteiger partial charge < -0.3 is 30.1 Å². The molecule has 2 heterocycles. The molecular weight excluding hydrogens is 570 g/mol. The van der Waals surface area contributed by atoms with E-state index in [2.05, 4.69) is 37.7 Å². The number of methoxy groups -OCH3 is 1. The molecule has 10 nitrogen and oxygen atoms in total. The monoisotopic (exact) mass is 607 g/mol. The van der Waals surface area contributed by atoms with E-state index >= 15 is 0 Å². The second-order valence-electron chi connectivity index (χ2n) is 11.8. The molecule has 0 aliphatic carbocycles. The minimum absolute atomic E-state index is 0.0970. The molecule has 5 rings (SSSR count). The van der Waals surface area contributed by atoms with Crippen molar-refractivity contribution in [2.45, 2.75) is 51.3 Å². The summed E-state index contributed by atoms with van der Waals surface area (Å²) >= 11 is 0. The molecule has 0 radical (unpaired) electrons. The summed E-state index contributed by atoms with van der Waals surface area (Å²) in [5, 5.41) is 6.39. The Hall–Kier alpha value is -5.38. The number of amides is 2. The Morgan fingerprint density at radius 1 is 0.822 bits per heavy atom. The number of nitrogens with one attached hydrogen (secondary N) is 4. The first-order chi connectivity index (χ1) is 21.6. The zero-order valence-electron chi connectivity index (χ0n) is 25.7. The van der Waals surface area contributed by atoms with E-state index in [0.717, 1.165) is 33.2 Å². The zero-order chi connectivity index (χ0) is 32.0. The van der Waals surface area contributed by atoms with Crippen molar-refractivity contribution in [3.63, 3.8) is 0 Å². The Kier molecular flexibility index (Phi) is 9.32. The topological polar surface area (TPSA) is 138 Å². The van der Waals surface area contributed by atoms with Crippen molar-refractivity contribution in [1.82, 2.24) is 25.6 Å². The number of nitrogens with zero attached hydrogens (tertiary/aromatic N) is 1. The molecule has 0 fully saturated rings. The summed E-state index contributed by atoms with van der Waals surface area (Å²) in [6, 6.07) is 23.7. The Balaban J connectivity index is 1.32. The largest absolute Gasteiger partial charge is 0.467 e. The summed E-state index contributed by atoms with van der Waals surface area (Å²) < 4.78 is 10.4. The first-order valence-electron chi connectivity index (χ1n) is 14.7. The van der Waals surface area contributed by atoms with E-state index in [-0.39, 0.29) is 12.8 Å². The molecule has 0 spiro atoms. The molecule has 45 heavy (non-hydrogen) atoms. The van der Waals surface area contributed by atoms with Crippen molar-refractivity contribution in [3.8, 4) is 22.5 Å². The van der Waals surface area contributed by atoms with Crippen molar-refractivity contribution < 1.29 is 23.9 Å². The molecule has 2 atom stereocenters. The first-order valence-corrected chi connectivity index (χ1v) is 14.7. The number of hydrogen-bond acceptors (Lipinski definition) is 6. The van der Waals surface area contributed by atoms with Crippen LogP contribution in [0.4, 0.5) is 4.79 Å². The van der Waals surface area contributed by atoms with Crippen LogP contribution in [0.3, 0.4) is 0 Å². The number of benzene rings is 3. The molecule has 10 heteroatoms. The minimum Gasteiger partial charge on any atom is -0.467 e. The Labute approximate surface area is 261 Å². The van der Waals surface area contributed by atoms with Crippen LogP contribution < -0.4 is 10.6 Å². The van der Waals surface area contributed by atoms with E-state index in [1.54, 1.807) is 33.2 Å². The van der Waals surface area contributed by atoms with Crippen LogP contribution in [0.25, 0.3) is 33.4 Å². The number of esters is 1. The van der Waals surface area contributed by atoms with E-state index < -0.39 is 35.7 Å². The van der Waals surface area contributed by atoms with Crippen molar-refractivity contribution in [2.75, 3.05) is 7.11 Å². The predicted molar refractivity (Wildman–Crippen MR) is 172 cm³/mol. The standard InChI is InChI=1S/C35H37N5O5/c1-35(2,3)45-34(43)40-29(18-25-20-36-28-13-9-8-12-27(25)28)32(41)39-30(33(42)44-4)19-26-21-37-31(38-26)24-16-14-23(15-17-24)22-10-6-5-7-11-22/h5-17,20-21,29-30,36H,18-19H2,1-4H3,(H,37,38)(H,39,41)(H,40,43)/t29-,30-/m0/s1. The summed E-state index contributed by atoms with van der Waals surface area (Å²) in [6.45, 7) is 5.22. The number of hydrogen-bond donors (Lipinski definition) is 4. The predicted octanol–water partition coefficient (Wildman–Crippen LogP) is 5.56. The maximum atomic E-state index is 13.7. The van der Waals surface area contributed by atoms with Gasteiger partial charge in [0.1, 0.15) is 23.5 Å². The van der Waals surface area contributed by atoms with E-state index in [1.165, 1.54) is 7.11 Å². The first kappa shape index (κ1) is 31.1. The van der Waals surface area contributed by atoms with Crippen LogP contribution in [0.15, 0.2) is 91.3 Å². The molecule has 0 saturated heterocycles. The van der Waals surface area contributed by atoms with E-state index in [9.17, 15) is 14.4 Å². The van der Waals surface area contributed by atoms with Crippen LogP contribution >= 0.6 is 0 Å². The maximum Gasteiger partial charge on any atom is 0.408 e. The molecule has 0 aliphatic heterocycles. The Bertz CT molecular complexity index is 1770. The third-order valence-electron chi connectivity index (χ3n) is 7.23.